The average molecular weight is 369 g/mol. The van der Waals surface area contributed by atoms with Gasteiger partial charge in [0.15, 0.2) is 0 Å². The molecule has 2 amide bonds. The van der Waals surface area contributed by atoms with Gasteiger partial charge in [0.2, 0.25) is 0 Å². The Morgan fingerprint density at radius 2 is 1.69 bits per heavy atom. The zero-order chi connectivity index (χ0) is 18.5. The molecule has 0 aliphatic rings. The number of carbonyl (C=O) groups excluding carboxylic acids is 1. The highest BCUT2D eigenvalue weighted by molar-refractivity contribution is 7.98. The van der Waals surface area contributed by atoms with Gasteiger partial charge >= 0.3 is 6.03 Å². The van der Waals surface area contributed by atoms with Crippen LogP contribution in [0.3, 0.4) is 0 Å². The summed E-state index contributed by atoms with van der Waals surface area (Å²) in [4.78, 5) is 23.7. The predicted molar refractivity (Wildman–Crippen MR) is 104 cm³/mol. The highest BCUT2D eigenvalue weighted by atomic mass is 32.2. The number of nitrogens with one attached hydrogen (secondary N) is 2. The van der Waals surface area contributed by atoms with Crippen LogP contribution in [0.2, 0.25) is 0 Å². The number of hydrogen-bond donors (Lipinski definition) is 2. The Kier molecular flexibility index (Phi) is 5.37. The summed E-state index contributed by atoms with van der Waals surface area (Å²) < 4.78 is 1.50. The molecule has 0 spiro atoms. The molecule has 2 aromatic heterocycles. The van der Waals surface area contributed by atoms with Crippen LogP contribution in [0.4, 0.5) is 21.9 Å². The van der Waals surface area contributed by atoms with Crippen molar-refractivity contribution in [3.05, 3.63) is 49.1 Å². The Hall–Kier alpha value is -3.07. The summed E-state index contributed by atoms with van der Waals surface area (Å²) in [5.74, 6) is 0.428. The van der Waals surface area contributed by atoms with Gasteiger partial charge in [0.1, 0.15) is 0 Å². The molecule has 3 rings (SSSR count). The van der Waals surface area contributed by atoms with Crippen LogP contribution in [0.25, 0.3) is 5.95 Å². The van der Waals surface area contributed by atoms with Crippen LogP contribution in [-0.2, 0) is 0 Å². The quantitative estimate of drug-likeness (QED) is 0.672. The fourth-order valence-corrected chi connectivity index (χ4v) is 2.54. The lowest BCUT2D eigenvalue weighted by atomic mass is 10.3. The molecule has 9 heteroatoms. The molecule has 1 aromatic carbocycles. The third kappa shape index (κ3) is 4.31. The number of urea groups is 1. The molecular formula is C17H19N7OS. The molecule has 134 valence electrons. The Morgan fingerprint density at radius 3 is 2.31 bits per heavy atom. The van der Waals surface area contributed by atoms with Crippen molar-refractivity contribution in [2.24, 2.45) is 0 Å². The van der Waals surface area contributed by atoms with Gasteiger partial charge in [0.25, 0.3) is 5.95 Å². The Labute approximate surface area is 155 Å². The third-order valence-electron chi connectivity index (χ3n) is 3.53. The number of nitrogens with zero attached hydrogens (tertiary/aromatic N) is 5. The van der Waals surface area contributed by atoms with Gasteiger partial charge in [-0.3, -0.25) is 0 Å². The average Bonchev–Trinajstić information content (AvgIpc) is 3.10. The molecule has 3 aromatic rings. The lowest BCUT2D eigenvalue weighted by Gasteiger charge is -2.10. The number of hydrogen-bond acceptors (Lipinski definition) is 6. The lowest BCUT2D eigenvalue weighted by molar-refractivity contribution is 0.262. The van der Waals surface area contributed by atoms with E-state index in [1.54, 1.807) is 36.5 Å². The third-order valence-corrected chi connectivity index (χ3v) is 4.28. The van der Waals surface area contributed by atoms with Crippen LogP contribution in [0.1, 0.15) is 0 Å². The number of anilines is 3. The van der Waals surface area contributed by atoms with Gasteiger partial charge in [-0.25, -0.2) is 19.4 Å². The molecule has 2 heterocycles. The van der Waals surface area contributed by atoms with E-state index >= 15 is 0 Å². The smallest absolute Gasteiger partial charge is 0.323 e. The first kappa shape index (κ1) is 17.7. The summed E-state index contributed by atoms with van der Waals surface area (Å²) in [5, 5.41) is 9.69. The topological polar surface area (TPSA) is 88.0 Å². The van der Waals surface area contributed by atoms with Crippen molar-refractivity contribution in [2.75, 3.05) is 35.9 Å². The molecule has 26 heavy (non-hydrogen) atoms. The molecule has 0 aliphatic carbocycles. The van der Waals surface area contributed by atoms with Gasteiger partial charge in [-0.05, 0) is 30.5 Å². The maximum atomic E-state index is 12.1. The fourth-order valence-electron chi connectivity index (χ4n) is 2.13. The van der Waals surface area contributed by atoms with E-state index in [0.717, 1.165) is 16.3 Å². The van der Waals surface area contributed by atoms with Crippen LogP contribution in [0.5, 0.6) is 0 Å². The Bertz CT molecular complexity index is 875. The second kappa shape index (κ2) is 7.87. The number of thioether (sulfide) groups is 1. The molecule has 8 nitrogen and oxygen atoms in total. The maximum Gasteiger partial charge on any atom is 0.323 e. The predicted octanol–water partition coefficient (Wildman–Crippen LogP) is 3.09. The first-order chi connectivity index (χ1) is 12.5. The van der Waals surface area contributed by atoms with Gasteiger partial charge in [-0.2, -0.15) is 5.10 Å². The van der Waals surface area contributed by atoms with Gasteiger partial charge in [0, 0.05) is 24.7 Å². The number of benzene rings is 1. The molecule has 0 saturated carbocycles. The number of amides is 2. The van der Waals surface area contributed by atoms with Crippen LogP contribution in [0, 0.1) is 0 Å². The first-order valence-electron chi connectivity index (χ1n) is 7.81. The molecule has 0 atom stereocenters. The summed E-state index contributed by atoms with van der Waals surface area (Å²) in [7, 11) is 3.84. The summed E-state index contributed by atoms with van der Waals surface area (Å²) >= 11 is 1.65. The molecule has 0 aliphatic heterocycles. The number of carbonyl (C=O) groups is 1. The number of aromatic nitrogens is 4. The fraction of sp³-hybridized carbons (Fsp3) is 0.176. The summed E-state index contributed by atoms with van der Waals surface area (Å²) in [6, 6.07) is 7.27. The van der Waals surface area contributed by atoms with Crippen molar-refractivity contribution >= 4 is 34.9 Å². The highest BCUT2D eigenvalue weighted by Crippen LogP contribution is 2.18. The van der Waals surface area contributed by atoms with Crippen LogP contribution in [0.15, 0.2) is 53.9 Å². The van der Waals surface area contributed by atoms with E-state index < -0.39 is 0 Å². The Morgan fingerprint density at radius 1 is 1.04 bits per heavy atom. The minimum atomic E-state index is -0.342. The van der Waals surface area contributed by atoms with E-state index in [4.69, 9.17) is 0 Å². The normalized spacial score (nSPS) is 10.4. The molecule has 0 fully saturated rings. The van der Waals surface area contributed by atoms with E-state index in [2.05, 4.69) is 25.7 Å². The molecule has 0 bridgehead atoms. The van der Waals surface area contributed by atoms with Crippen molar-refractivity contribution in [3.63, 3.8) is 0 Å². The van der Waals surface area contributed by atoms with E-state index in [-0.39, 0.29) is 6.03 Å². The van der Waals surface area contributed by atoms with Gasteiger partial charge in [-0.15, -0.1) is 11.8 Å². The van der Waals surface area contributed by atoms with Gasteiger partial charge in [-0.1, -0.05) is 0 Å². The van der Waals surface area contributed by atoms with E-state index in [1.165, 1.54) is 4.68 Å². The zero-order valence-electron chi connectivity index (χ0n) is 14.7. The summed E-state index contributed by atoms with van der Waals surface area (Å²) in [6.45, 7) is 0. The summed E-state index contributed by atoms with van der Waals surface area (Å²) in [6.07, 6.45) is 8.62. The number of rotatable bonds is 5. The van der Waals surface area contributed by atoms with Crippen LogP contribution >= 0.6 is 11.8 Å². The minimum absolute atomic E-state index is 0.342. The van der Waals surface area contributed by atoms with E-state index in [9.17, 15) is 4.79 Å². The van der Waals surface area contributed by atoms with Crippen molar-refractivity contribution in [3.8, 4) is 5.95 Å². The Balaban J connectivity index is 1.62. The van der Waals surface area contributed by atoms with Gasteiger partial charge < -0.3 is 15.5 Å². The zero-order valence-corrected chi connectivity index (χ0v) is 15.5. The molecule has 0 radical (unpaired) electrons. The van der Waals surface area contributed by atoms with Crippen molar-refractivity contribution in [1.29, 1.82) is 0 Å². The van der Waals surface area contributed by atoms with E-state index in [1.807, 2.05) is 49.5 Å². The van der Waals surface area contributed by atoms with Gasteiger partial charge in [0.05, 0.1) is 36.2 Å². The van der Waals surface area contributed by atoms with Crippen molar-refractivity contribution in [1.82, 2.24) is 19.7 Å². The molecular weight excluding hydrogens is 350 g/mol. The molecule has 0 saturated heterocycles. The summed E-state index contributed by atoms with van der Waals surface area (Å²) in [5.41, 5.74) is 2.16. The van der Waals surface area contributed by atoms with E-state index in [0.29, 0.717) is 11.6 Å². The SMILES string of the molecule is CSc1ccc(NC(=O)Nc2cnn(-c3ncc(N(C)C)cn3)c2)cc1. The highest BCUT2D eigenvalue weighted by Gasteiger charge is 2.08. The van der Waals surface area contributed by atoms with Crippen LogP contribution in [-0.4, -0.2) is 46.1 Å². The standard InChI is InChI=1S/C17H19N7OS/c1-23(2)14-9-18-16(19-10-14)24-11-13(8-20-24)22-17(25)21-12-4-6-15(26-3)7-5-12/h4-11H,1-3H3,(H2,21,22,25). The van der Waals surface area contributed by atoms with Crippen molar-refractivity contribution < 1.29 is 4.79 Å². The largest absolute Gasteiger partial charge is 0.375 e. The maximum absolute atomic E-state index is 12.1. The molecule has 2 N–H and O–H groups in total. The molecule has 0 unspecified atom stereocenters. The first-order valence-corrected chi connectivity index (χ1v) is 9.04. The minimum Gasteiger partial charge on any atom is -0.375 e. The van der Waals surface area contributed by atoms with Crippen molar-refractivity contribution in [2.45, 2.75) is 4.90 Å². The lowest BCUT2D eigenvalue weighted by Crippen LogP contribution is -2.19. The van der Waals surface area contributed by atoms with Crippen LogP contribution < -0.4 is 15.5 Å². The monoisotopic (exact) mass is 369 g/mol. The second-order valence-corrected chi connectivity index (χ2v) is 6.50. The second-order valence-electron chi connectivity index (χ2n) is 5.62.